The van der Waals surface area contributed by atoms with Gasteiger partial charge in [0, 0.05) is 20.4 Å². The van der Waals surface area contributed by atoms with E-state index in [1.165, 1.54) is 58.5 Å². The number of fused-ring (bicyclic) bond motifs is 12. The van der Waals surface area contributed by atoms with E-state index in [2.05, 4.69) is 78.9 Å². The van der Waals surface area contributed by atoms with Crippen LogP contribution in [0.2, 0.25) is 0 Å². The minimum atomic E-state index is 0.270. The smallest absolute Gasteiger partial charge is 0.0355 e. The molecule has 0 N–H and O–H groups in total. The average molecular weight is 445 g/mol. The predicted molar refractivity (Wildman–Crippen MR) is 140 cm³/mol. The fraction of sp³-hybridized carbons (Fsp3) is 0.375. The average Bonchev–Trinajstić information content (AvgIpc) is 3.59. The van der Waals surface area contributed by atoms with Gasteiger partial charge in [-0.05, 0) is 125 Å². The molecule has 5 unspecified atom stereocenters. The fourth-order valence-corrected chi connectivity index (χ4v) is 10.7. The van der Waals surface area contributed by atoms with Crippen LogP contribution < -0.4 is 0 Å². The molecule has 5 aliphatic rings. The highest BCUT2D eigenvalue weighted by molar-refractivity contribution is 7.19. The van der Waals surface area contributed by atoms with Crippen LogP contribution in [0.3, 0.4) is 0 Å². The fourth-order valence-electron chi connectivity index (χ4n) is 9.40. The third-order valence-corrected chi connectivity index (χ3v) is 11.9. The van der Waals surface area contributed by atoms with Gasteiger partial charge in [-0.3, -0.25) is 0 Å². The highest BCUT2D eigenvalue weighted by atomic mass is 32.1. The molecule has 0 amide bonds. The Balaban J connectivity index is 1.41. The third kappa shape index (κ3) is 1.95. The van der Waals surface area contributed by atoms with Crippen molar-refractivity contribution < 1.29 is 0 Å². The van der Waals surface area contributed by atoms with E-state index < -0.39 is 0 Å². The lowest BCUT2D eigenvalue weighted by Crippen LogP contribution is -2.39. The van der Waals surface area contributed by atoms with E-state index in [9.17, 15) is 0 Å². The molecule has 1 spiro atoms. The first-order chi connectivity index (χ1) is 16.2. The van der Waals surface area contributed by atoms with Crippen LogP contribution in [0.1, 0.15) is 66.5 Å². The Morgan fingerprint density at radius 2 is 1.73 bits per heavy atom. The summed E-state index contributed by atoms with van der Waals surface area (Å²) in [7, 11) is 0. The Kier molecular flexibility index (Phi) is 3.17. The van der Waals surface area contributed by atoms with Crippen LogP contribution in [-0.2, 0) is 5.41 Å². The first-order valence-electron chi connectivity index (χ1n) is 13.0. The van der Waals surface area contributed by atoms with Gasteiger partial charge >= 0.3 is 0 Å². The summed E-state index contributed by atoms with van der Waals surface area (Å²) in [6.45, 7) is 2.41. The van der Waals surface area contributed by atoms with Crippen LogP contribution in [0.15, 0.2) is 54.6 Å². The zero-order valence-electron chi connectivity index (χ0n) is 19.1. The summed E-state index contributed by atoms with van der Waals surface area (Å²) in [6.07, 6.45) is 11.8. The summed E-state index contributed by atoms with van der Waals surface area (Å²) < 4.78 is 1.53. The van der Waals surface area contributed by atoms with Crippen molar-refractivity contribution in [2.24, 2.45) is 23.7 Å². The summed E-state index contributed by atoms with van der Waals surface area (Å²) >= 11 is 2.09. The number of thiophene rings is 1. The van der Waals surface area contributed by atoms with Gasteiger partial charge in [0.15, 0.2) is 0 Å². The maximum Gasteiger partial charge on any atom is 0.0355 e. The maximum absolute atomic E-state index is 2.69. The summed E-state index contributed by atoms with van der Waals surface area (Å²) in [5.74, 6) is 4.33. The van der Waals surface area contributed by atoms with Gasteiger partial charge < -0.3 is 0 Å². The lowest BCUT2D eigenvalue weighted by molar-refractivity contribution is 0.222. The first kappa shape index (κ1) is 18.0. The van der Waals surface area contributed by atoms with Crippen LogP contribution in [0.5, 0.6) is 0 Å². The molecular weight excluding hydrogens is 416 g/mol. The molecule has 5 aliphatic carbocycles. The Hall–Kier alpha value is -2.38. The van der Waals surface area contributed by atoms with Crippen LogP contribution in [-0.4, -0.2) is 0 Å². The van der Waals surface area contributed by atoms with Crippen LogP contribution in [0.4, 0.5) is 0 Å². The molecule has 1 aromatic heterocycles. The minimum absolute atomic E-state index is 0.270. The Bertz CT molecular complexity index is 1550. The monoisotopic (exact) mass is 444 g/mol. The Labute approximate surface area is 199 Å². The third-order valence-electron chi connectivity index (χ3n) is 10.5. The minimum Gasteiger partial charge on any atom is -0.139 e. The van der Waals surface area contributed by atoms with Gasteiger partial charge in [0.1, 0.15) is 0 Å². The zero-order chi connectivity index (χ0) is 21.5. The Morgan fingerprint density at radius 1 is 0.909 bits per heavy atom. The van der Waals surface area contributed by atoms with E-state index in [-0.39, 0.29) is 5.41 Å². The van der Waals surface area contributed by atoms with E-state index in [1.54, 1.807) is 27.1 Å². The summed E-state index contributed by atoms with van der Waals surface area (Å²) in [5.41, 5.74) is 8.28. The molecule has 4 aromatic rings. The molecular formula is C32H28S. The molecule has 6 atom stereocenters. The second kappa shape index (κ2) is 5.81. The molecule has 0 aliphatic heterocycles. The molecule has 0 nitrogen and oxygen atoms in total. The summed E-state index contributed by atoms with van der Waals surface area (Å²) in [6, 6.07) is 19.5. The van der Waals surface area contributed by atoms with E-state index in [0.717, 1.165) is 23.7 Å². The molecule has 33 heavy (non-hydrogen) atoms. The number of allylic oxidation sites excluding steroid dienone is 1. The van der Waals surface area contributed by atoms with Crippen LogP contribution >= 0.6 is 11.3 Å². The topological polar surface area (TPSA) is 0 Å². The molecule has 3 aromatic carbocycles. The van der Waals surface area contributed by atoms with Crippen LogP contribution in [0.25, 0.3) is 38.1 Å². The van der Waals surface area contributed by atoms with Gasteiger partial charge in [-0.2, -0.15) is 0 Å². The van der Waals surface area contributed by atoms with Crippen molar-refractivity contribution in [3.8, 4) is 11.1 Å². The number of benzene rings is 3. The zero-order valence-corrected chi connectivity index (χ0v) is 19.9. The van der Waals surface area contributed by atoms with Crippen LogP contribution in [0, 0.1) is 23.7 Å². The van der Waals surface area contributed by atoms with Crippen molar-refractivity contribution >= 4 is 38.3 Å². The first-order valence-corrected chi connectivity index (χ1v) is 13.9. The molecule has 1 heteroatoms. The largest absolute Gasteiger partial charge is 0.139 e. The SMILES string of the molecule is CC1CC=Cc2c1sc1cc3c(cc21)-c1cc2ccccc2cc1C31C2CCC3C[C@@H]1CC32. The molecule has 162 valence electrons. The number of hydrogen-bond donors (Lipinski definition) is 0. The molecule has 3 fully saturated rings. The van der Waals surface area contributed by atoms with Gasteiger partial charge in [-0.15, -0.1) is 11.3 Å². The van der Waals surface area contributed by atoms with E-state index in [1.807, 2.05) is 0 Å². The van der Waals surface area contributed by atoms with E-state index in [4.69, 9.17) is 0 Å². The summed E-state index contributed by atoms with van der Waals surface area (Å²) in [5, 5.41) is 4.32. The molecule has 3 saturated carbocycles. The van der Waals surface area contributed by atoms with Crippen molar-refractivity contribution in [2.75, 3.05) is 0 Å². The second-order valence-corrected chi connectivity index (χ2v) is 12.8. The molecule has 2 bridgehead atoms. The van der Waals surface area contributed by atoms with Gasteiger partial charge in [-0.25, -0.2) is 0 Å². The lowest BCUT2D eigenvalue weighted by Gasteiger charge is -2.41. The van der Waals surface area contributed by atoms with Crippen molar-refractivity contribution in [3.63, 3.8) is 0 Å². The molecule has 0 saturated heterocycles. The highest BCUT2D eigenvalue weighted by Gasteiger charge is 2.67. The van der Waals surface area contributed by atoms with Gasteiger partial charge in [0.2, 0.25) is 0 Å². The van der Waals surface area contributed by atoms with Crippen molar-refractivity contribution in [2.45, 2.75) is 50.4 Å². The van der Waals surface area contributed by atoms with Gasteiger partial charge in [0.05, 0.1) is 0 Å². The number of hydrogen-bond acceptors (Lipinski definition) is 1. The highest BCUT2D eigenvalue weighted by Crippen LogP contribution is 2.74. The molecule has 1 heterocycles. The van der Waals surface area contributed by atoms with Crippen molar-refractivity contribution in [1.29, 1.82) is 0 Å². The summed E-state index contributed by atoms with van der Waals surface area (Å²) in [4.78, 5) is 1.61. The second-order valence-electron chi connectivity index (χ2n) is 11.7. The van der Waals surface area contributed by atoms with Gasteiger partial charge in [-0.1, -0.05) is 43.3 Å². The van der Waals surface area contributed by atoms with Crippen molar-refractivity contribution in [1.82, 2.24) is 0 Å². The predicted octanol–water partition coefficient (Wildman–Crippen LogP) is 8.91. The quantitative estimate of drug-likeness (QED) is 0.254. The maximum atomic E-state index is 2.69. The van der Waals surface area contributed by atoms with E-state index >= 15 is 0 Å². The number of rotatable bonds is 0. The van der Waals surface area contributed by atoms with Crippen molar-refractivity contribution in [3.05, 3.63) is 76.2 Å². The Morgan fingerprint density at radius 3 is 2.64 bits per heavy atom. The molecule has 9 rings (SSSR count). The lowest BCUT2D eigenvalue weighted by atomic mass is 9.61. The standard InChI is InChI=1S/C32H28S/c1-17-5-4-8-22-26-15-25-24-12-18-6-2-3-7-19(18)13-28(24)32(29(25)16-30(26)33-31(17)22)21-11-20-9-10-27(32)23(20)14-21/h2-4,6-8,12-13,15-17,20-21,23,27H,5,9-11,14H2,1H3/t17?,20?,21-,23?,27?,32?/m1/s1. The molecule has 0 radical (unpaired) electrons. The van der Waals surface area contributed by atoms with Gasteiger partial charge in [0.25, 0.3) is 0 Å². The van der Waals surface area contributed by atoms with E-state index in [0.29, 0.717) is 5.92 Å². The normalized spacial score (nSPS) is 34.5.